The minimum Gasteiger partial charge on any atom is -0.405 e. The van der Waals surface area contributed by atoms with Crippen molar-refractivity contribution in [2.75, 3.05) is 6.54 Å². The van der Waals surface area contributed by atoms with Gasteiger partial charge in [0.2, 0.25) is 0 Å². The quantitative estimate of drug-likeness (QED) is 0.920. The van der Waals surface area contributed by atoms with Crippen molar-refractivity contribution in [1.29, 1.82) is 0 Å². The van der Waals surface area contributed by atoms with Crippen LogP contribution in [0.3, 0.4) is 0 Å². The van der Waals surface area contributed by atoms with Gasteiger partial charge in [0.1, 0.15) is 11.6 Å². The molecule has 20 heavy (non-hydrogen) atoms. The van der Waals surface area contributed by atoms with E-state index < -0.39 is 6.36 Å². The van der Waals surface area contributed by atoms with Gasteiger partial charge >= 0.3 is 6.36 Å². The first-order valence-corrected chi connectivity index (χ1v) is 6.15. The highest BCUT2D eigenvalue weighted by atomic mass is 19.4. The highest BCUT2D eigenvalue weighted by Gasteiger charge is 2.32. The summed E-state index contributed by atoms with van der Waals surface area (Å²) >= 11 is 0. The lowest BCUT2D eigenvalue weighted by molar-refractivity contribution is -0.274. The first kappa shape index (κ1) is 13.0. The van der Waals surface area contributed by atoms with E-state index in [-0.39, 0.29) is 5.75 Å². The minimum absolute atomic E-state index is 0.207. The van der Waals surface area contributed by atoms with Crippen LogP contribution in [-0.2, 0) is 13.1 Å². The van der Waals surface area contributed by atoms with Gasteiger partial charge in [-0.15, -0.1) is 13.2 Å². The molecule has 0 atom stereocenters. The van der Waals surface area contributed by atoms with E-state index >= 15 is 0 Å². The molecule has 0 bridgehead atoms. The zero-order valence-electron chi connectivity index (χ0n) is 10.4. The number of aromatic nitrogens is 2. The summed E-state index contributed by atoms with van der Waals surface area (Å²) in [6.07, 6.45) is -3.12. The maximum absolute atomic E-state index is 12.4. The molecule has 0 aliphatic carbocycles. The monoisotopic (exact) mass is 283 g/mol. The molecule has 0 amide bonds. The third kappa shape index (κ3) is 2.49. The van der Waals surface area contributed by atoms with Crippen LogP contribution < -0.4 is 10.1 Å². The standard InChI is InChI=1S/C13H12F3N3O/c14-13(15,16)20-11-4-2-1-3-9(11)10-7-18-12-8-17-5-6-19(10)12/h1-4,7,17H,5-6,8H2. The molecule has 0 saturated carbocycles. The maximum atomic E-state index is 12.4. The van der Waals surface area contributed by atoms with Crippen molar-refractivity contribution in [3.8, 4) is 17.0 Å². The second-order valence-electron chi connectivity index (χ2n) is 4.43. The number of benzene rings is 1. The summed E-state index contributed by atoms with van der Waals surface area (Å²) < 4.78 is 43.3. The Morgan fingerprint density at radius 2 is 2.05 bits per heavy atom. The molecule has 1 N–H and O–H groups in total. The smallest absolute Gasteiger partial charge is 0.405 e. The average Bonchev–Trinajstić information content (AvgIpc) is 2.81. The summed E-state index contributed by atoms with van der Waals surface area (Å²) in [6.45, 7) is 2.05. The largest absolute Gasteiger partial charge is 0.573 e. The summed E-state index contributed by atoms with van der Waals surface area (Å²) in [6, 6.07) is 6.11. The van der Waals surface area contributed by atoms with Gasteiger partial charge in [-0.25, -0.2) is 4.98 Å². The van der Waals surface area contributed by atoms with Gasteiger partial charge in [-0.3, -0.25) is 0 Å². The number of alkyl halides is 3. The molecular formula is C13H12F3N3O. The maximum Gasteiger partial charge on any atom is 0.573 e. The summed E-state index contributed by atoms with van der Waals surface area (Å²) in [4.78, 5) is 4.23. The SMILES string of the molecule is FC(F)(F)Oc1ccccc1-c1cnc2n1CCNC2. The third-order valence-electron chi connectivity index (χ3n) is 3.12. The van der Waals surface area contributed by atoms with Crippen LogP contribution in [-0.4, -0.2) is 22.5 Å². The molecule has 3 rings (SSSR count). The van der Waals surface area contributed by atoms with E-state index in [2.05, 4.69) is 15.0 Å². The summed E-state index contributed by atoms with van der Waals surface area (Å²) in [5, 5.41) is 3.16. The lowest BCUT2D eigenvalue weighted by atomic mass is 10.1. The van der Waals surface area contributed by atoms with Crippen LogP contribution in [0.15, 0.2) is 30.5 Å². The molecule has 0 radical (unpaired) electrons. The lowest BCUT2D eigenvalue weighted by Crippen LogP contribution is -2.28. The van der Waals surface area contributed by atoms with Gasteiger partial charge in [0, 0.05) is 18.7 Å². The summed E-state index contributed by atoms with van der Waals surface area (Å²) in [7, 11) is 0. The number of hydrogen-bond donors (Lipinski definition) is 1. The van der Waals surface area contributed by atoms with Gasteiger partial charge < -0.3 is 14.6 Å². The van der Waals surface area contributed by atoms with Crippen molar-refractivity contribution in [2.45, 2.75) is 19.5 Å². The van der Waals surface area contributed by atoms with Crippen LogP contribution in [0.4, 0.5) is 13.2 Å². The Kier molecular flexibility index (Phi) is 3.13. The minimum atomic E-state index is -4.71. The van der Waals surface area contributed by atoms with Gasteiger partial charge in [-0.2, -0.15) is 0 Å². The number of nitrogens with one attached hydrogen (secondary N) is 1. The highest BCUT2D eigenvalue weighted by Crippen LogP contribution is 2.34. The van der Waals surface area contributed by atoms with E-state index in [4.69, 9.17) is 0 Å². The lowest BCUT2D eigenvalue weighted by Gasteiger charge is -2.19. The summed E-state index contributed by atoms with van der Waals surface area (Å²) in [5.74, 6) is 0.606. The molecule has 2 heterocycles. The van der Waals surface area contributed by atoms with E-state index in [0.29, 0.717) is 24.3 Å². The Morgan fingerprint density at radius 1 is 1.25 bits per heavy atom. The molecule has 0 fully saturated rings. The molecule has 7 heteroatoms. The normalized spacial score (nSPS) is 14.9. The molecule has 106 valence electrons. The second-order valence-corrected chi connectivity index (χ2v) is 4.43. The molecule has 4 nitrogen and oxygen atoms in total. The van der Waals surface area contributed by atoms with Gasteiger partial charge in [0.25, 0.3) is 0 Å². The van der Waals surface area contributed by atoms with Crippen LogP contribution >= 0.6 is 0 Å². The van der Waals surface area contributed by atoms with Crippen LogP contribution in [0.2, 0.25) is 0 Å². The fourth-order valence-corrected chi connectivity index (χ4v) is 2.30. The highest BCUT2D eigenvalue weighted by molar-refractivity contribution is 5.67. The number of imidazole rings is 1. The number of para-hydroxylation sites is 1. The van der Waals surface area contributed by atoms with E-state index in [0.717, 1.165) is 12.4 Å². The van der Waals surface area contributed by atoms with Crippen LogP contribution in [0.5, 0.6) is 5.75 Å². The third-order valence-corrected chi connectivity index (χ3v) is 3.12. The first-order valence-electron chi connectivity index (χ1n) is 6.15. The average molecular weight is 283 g/mol. The number of ether oxygens (including phenoxy) is 1. The predicted octanol–water partition coefficient (Wildman–Crippen LogP) is 2.55. The van der Waals surface area contributed by atoms with Crippen molar-refractivity contribution < 1.29 is 17.9 Å². The fourth-order valence-electron chi connectivity index (χ4n) is 2.30. The molecule has 1 aromatic heterocycles. The van der Waals surface area contributed by atoms with Crippen LogP contribution in [0.25, 0.3) is 11.3 Å². The summed E-state index contributed by atoms with van der Waals surface area (Å²) in [5.41, 5.74) is 1.03. The van der Waals surface area contributed by atoms with Gasteiger partial charge in [0.05, 0.1) is 18.4 Å². The van der Waals surface area contributed by atoms with Gasteiger partial charge in [-0.1, -0.05) is 12.1 Å². The zero-order valence-corrected chi connectivity index (χ0v) is 10.4. The van der Waals surface area contributed by atoms with Crippen molar-refractivity contribution in [2.24, 2.45) is 0 Å². The van der Waals surface area contributed by atoms with Gasteiger partial charge in [-0.05, 0) is 12.1 Å². The number of rotatable bonds is 2. The van der Waals surface area contributed by atoms with E-state index in [1.165, 1.54) is 12.1 Å². The van der Waals surface area contributed by atoms with Crippen molar-refractivity contribution in [3.63, 3.8) is 0 Å². The van der Waals surface area contributed by atoms with Crippen molar-refractivity contribution in [1.82, 2.24) is 14.9 Å². The molecule has 1 aromatic carbocycles. The van der Waals surface area contributed by atoms with E-state index in [9.17, 15) is 13.2 Å². The molecule has 0 saturated heterocycles. The number of hydrogen-bond acceptors (Lipinski definition) is 3. The van der Waals surface area contributed by atoms with Crippen LogP contribution in [0.1, 0.15) is 5.82 Å². The molecule has 1 aliphatic heterocycles. The van der Waals surface area contributed by atoms with E-state index in [1.807, 2.05) is 4.57 Å². The Labute approximate surface area is 113 Å². The topological polar surface area (TPSA) is 39.1 Å². The van der Waals surface area contributed by atoms with Gasteiger partial charge in [0.15, 0.2) is 0 Å². The molecule has 0 unspecified atom stereocenters. The Bertz CT molecular complexity index is 622. The fraction of sp³-hybridized carbons (Fsp3) is 0.308. The number of halogens is 3. The predicted molar refractivity (Wildman–Crippen MR) is 66.1 cm³/mol. The Morgan fingerprint density at radius 3 is 2.85 bits per heavy atom. The molecule has 0 spiro atoms. The molecular weight excluding hydrogens is 271 g/mol. The van der Waals surface area contributed by atoms with Crippen molar-refractivity contribution in [3.05, 3.63) is 36.3 Å². The van der Waals surface area contributed by atoms with Crippen LogP contribution in [0, 0.1) is 0 Å². The second kappa shape index (κ2) is 4.82. The number of fused-ring (bicyclic) bond motifs is 1. The van der Waals surface area contributed by atoms with Crippen molar-refractivity contribution >= 4 is 0 Å². The molecule has 1 aliphatic rings. The zero-order chi connectivity index (χ0) is 14.2. The Balaban J connectivity index is 2.04. The first-order chi connectivity index (χ1) is 9.54. The molecule has 2 aromatic rings. The van der Waals surface area contributed by atoms with E-state index in [1.54, 1.807) is 18.3 Å². The number of nitrogens with zero attached hydrogens (tertiary/aromatic N) is 2. The Hall–Kier alpha value is -2.02.